The molecule has 0 radical (unpaired) electrons. The number of fused-ring (bicyclic) bond motifs is 1. The van der Waals surface area contributed by atoms with Gasteiger partial charge in [0.05, 0.1) is 0 Å². The fourth-order valence-electron chi connectivity index (χ4n) is 1.89. The summed E-state index contributed by atoms with van der Waals surface area (Å²) in [6.45, 7) is 1.77. The number of aromatic amines is 1. The Morgan fingerprint density at radius 1 is 1.39 bits per heavy atom. The van der Waals surface area contributed by atoms with Gasteiger partial charge in [-0.1, -0.05) is 11.2 Å². The van der Waals surface area contributed by atoms with Gasteiger partial charge in [-0.2, -0.15) is 0 Å². The molecule has 0 fully saturated rings. The Kier molecular flexibility index (Phi) is 2.37. The standard InChI is InChI=1S/C13H11N3O2/c1-8-7-12(16-18-8)15-13(17)10-3-2-4-11-9(10)5-6-14-11/h2-7,14H,1H3,(H,15,16,17). The number of nitrogens with one attached hydrogen (secondary N) is 2. The molecule has 90 valence electrons. The van der Waals surface area contributed by atoms with E-state index in [2.05, 4.69) is 15.5 Å². The molecule has 18 heavy (non-hydrogen) atoms. The van der Waals surface area contributed by atoms with E-state index in [0.29, 0.717) is 17.1 Å². The van der Waals surface area contributed by atoms with Crippen LogP contribution in [0, 0.1) is 6.92 Å². The van der Waals surface area contributed by atoms with Gasteiger partial charge in [-0.15, -0.1) is 0 Å². The van der Waals surface area contributed by atoms with Gasteiger partial charge in [0.25, 0.3) is 5.91 Å². The SMILES string of the molecule is Cc1cc(NC(=O)c2cccc3[nH]ccc23)no1. The van der Waals surface area contributed by atoms with Crippen LogP contribution in [0.5, 0.6) is 0 Å². The maximum absolute atomic E-state index is 12.1. The predicted molar refractivity (Wildman–Crippen MR) is 67.5 cm³/mol. The number of hydrogen-bond acceptors (Lipinski definition) is 3. The highest BCUT2D eigenvalue weighted by Crippen LogP contribution is 2.18. The minimum Gasteiger partial charge on any atom is -0.361 e. The van der Waals surface area contributed by atoms with E-state index in [9.17, 15) is 4.79 Å². The summed E-state index contributed by atoms with van der Waals surface area (Å²) < 4.78 is 4.90. The van der Waals surface area contributed by atoms with Crippen molar-refractivity contribution in [2.45, 2.75) is 6.92 Å². The number of hydrogen-bond donors (Lipinski definition) is 2. The zero-order valence-electron chi connectivity index (χ0n) is 9.73. The van der Waals surface area contributed by atoms with E-state index in [1.165, 1.54) is 0 Å². The molecular formula is C13H11N3O2. The number of amides is 1. The first kappa shape index (κ1) is 10.6. The zero-order chi connectivity index (χ0) is 12.5. The van der Waals surface area contributed by atoms with E-state index < -0.39 is 0 Å². The fraction of sp³-hybridized carbons (Fsp3) is 0.0769. The summed E-state index contributed by atoms with van der Waals surface area (Å²) in [5, 5.41) is 7.32. The Morgan fingerprint density at radius 2 is 2.28 bits per heavy atom. The van der Waals surface area contributed by atoms with Gasteiger partial charge in [-0.05, 0) is 25.1 Å². The minimum atomic E-state index is -0.200. The molecule has 2 aromatic heterocycles. The molecular weight excluding hydrogens is 230 g/mol. The van der Waals surface area contributed by atoms with Crippen LogP contribution >= 0.6 is 0 Å². The van der Waals surface area contributed by atoms with Gasteiger partial charge in [0, 0.05) is 28.7 Å². The van der Waals surface area contributed by atoms with E-state index in [0.717, 1.165) is 10.9 Å². The lowest BCUT2D eigenvalue weighted by molar-refractivity contribution is 0.102. The van der Waals surface area contributed by atoms with Crippen molar-refractivity contribution < 1.29 is 9.32 Å². The average molecular weight is 241 g/mol. The smallest absolute Gasteiger partial charge is 0.257 e. The first-order valence-corrected chi connectivity index (χ1v) is 5.55. The van der Waals surface area contributed by atoms with Crippen LogP contribution in [0.4, 0.5) is 5.82 Å². The first-order chi connectivity index (χ1) is 8.74. The fourth-order valence-corrected chi connectivity index (χ4v) is 1.89. The van der Waals surface area contributed by atoms with Crippen molar-refractivity contribution >= 4 is 22.6 Å². The summed E-state index contributed by atoms with van der Waals surface area (Å²) in [4.78, 5) is 15.2. The number of carbonyl (C=O) groups excluding carboxylic acids is 1. The van der Waals surface area contributed by atoms with E-state index in [4.69, 9.17) is 4.52 Å². The van der Waals surface area contributed by atoms with Gasteiger partial charge in [0.2, 0.25) is 0 Å². The molecule has 0 atom stereocenters. The summed E-state index contributed by atoms with van der Waals surface area (Å²) in [5.41, 5.74) is 1.54. The van der Waals surface area contributed by atoms with Gasteiger partial charge in [-0.25, -0.2) is 0 Å². The van der Waals surface area contributed by atoms with E-state index >= 15 is 0 Å². The van der Waals surface area contributed by atoms with Crippen molar-refractivity contribution in [2.75, 3.05) is 5.32 Å². The third-order valence-corrected chi connectivity index (χ3v) is 2.71. The minimum absolute atomic E-state index is 0.200. The van der Waals surface area contributed by atoms with Crippen LogP contribution in [-0.4, -0.2) is 16.0 Å². The molecule has 0 aliphatic rings. The van der Waals surface area contributed by atoms with Gasteiger partial charge >= 0.3 is 0 Å². The lowest BCUT2D eigenvalue weighted by Crippen LogP contribution is -2.12. The highest BCUT2D eigenvalue weighted by molar-refractivity contribution is 6.12. The Morgan fingerprint density at radius 3 is 3.06 bits per heavy atom. The highest BCUT2D eigenvalue weighted by Gasteiger charge is 2.12. The Labute approximate surface area is 103 Å². The number of aryl methyl sites for hydroxylation is 1. The van der Waals surface area contributed by atoms with Gasteiger partial charge in [-0.3, -0.25) is 4.79 Å². The first-order valence-electron chi connectivity index (χ1n) is 5.55. The van der Waals surface area contributed by atoms with Gasteiger partial charge in [0.1, 0.15) is 5.76 Å². The monoisotopic (exact) mass is 241 g/mol. The summed E-state index contributed by atoms with van der Waals surface area (Å²) in [6, 6.07) is 9.08. The molecule has 0 saturated carbocycles. The number of aromatic nitrogens is 2. The zero-order valence-corrected chi connectivity index (χ0v) is 9.73. The van der Waals surface area contributed by atoms with Crippen molar-refractivity contribution in [3.8, 4) is 0 Å². The Balaban J connectivity index is 1.94. The number of benzene rings is 1. The average Bonchev–Trinajstić information content (AvgIpc) is 2.97. The van der Waals surface area contributed by atoms with Crippen molar-refractivity contribution in [1.29, 1.82) is 0 Å². The molecule has 3 rings (SSSR count). The molecule has 0 spiro atoms. The Hall–Kier alpha value is -2.56. The summed E-state index contributed by atoms with van der Waals surface area (Å²) in [6.07, 6.45) is 1.81. The van der Waals surface area contributed by atoms with Crippen LogP contribution in [-0.2, 0) is 0 Å². The highest BCUT2D eigenvalue weighted by atomic mass is 16.5. The second-order valence-electron chi connectivity index (χ2n) is 4.02. The number of H-pyrrole nitrogens is 1. The van der Waals surface area contributed by atoms with Crippen LogP contribution in [0.25, 0.3) is 10.9 Å². The number of anilines is 1. The van der Waals surface area contributed by atoms with E-state index in [1.807, 2.05) is 24.4 Å². The van der Waals surface area contributed by atoms with Gasteiger partial charge in [0.15, 0.2) is 5.82 Å². The van der Waals surface area contributed by atoms with Crippen LogP contribution in [0.1, 0.15) is 16.1 Å². The molecule has 1 aromatic carbocycles. The summed E-state index contributed by atoms with van der Waals surface area (Å²) in [7, 11) is 0. The van der Waals surface area contributed by atoms with Crippen molar-refractivity contribution in [3.05, 3.63) is 47.9 Å². The van der Waals surface area contributed by atoms with Crippen LogP contribution in [0.15, 0.2) is 41.1 Å². The second-order valence-corrected chi connectivity index (χ2v) is 4.02. The molecule has 5 heteroatoms. The lowest BCUT2D eigenvalue weighted by atomic mass is 10.1. The third kappa shape index (κ3) is 1.75. The molecule has 2 heterocycles. The van der Waals surface area contributed by atoms with Crippen molar-refractivity contribution in [1.82, 2.24) is 10.1 Å². The number of nitrogens with zero attached hydrogens (tertiary/aromatic N) is 1. The third-order valence-electron chi connectivity index (χ3n) is 2.71. The molecule has 2 N–H and O–H groups in total. The maximum Gasteiger partial charge on any atom is 0.257 e. The maximum atomic E-state index is 12.1. The van der Waals surface area contributed by atoms with Crippen LogP contribution in [0.3, 0.4) is 0 Å². The molecule has 0 unspecified atom stereocenters. The van der Waals surface area contributed by atoms with E-state index in [1.54, 1.807) is 19.1 Å². The van der Waals surface area contributed by atoms with Crippen molar-refractivity contribution in [3.63, 3.8) is 0 Å². The molecule has 0 bridgehead atoms. The van der Waals surface area contributed by atoms with Crippen LogP contribution < -0.4 is 5.32 Å². The predicted octanol–water partition coefficient (Wildman–Crippen LogP) is 2.72. The lowest BCUT2D eigenvalue weighted by Gasteiger charge is -2.02. The summed E-state index contributed by atoms with van der Waals surface area (Å²) in [5.74, 6) is 0.878. The molecule has 5 nitrogen and oxygen atoms in total. The van der Waals surface area contributed by atoms with E-state index in [-0.39, 0.29) is 5.91 Å². The quantitative estimate of drug-likeness (QED) is 0.724. The number of carbonyl (C=O) groups is 1. The molecule has 3 aromatic rings. The molecule has 0 aliphatic heterocycles. The van der Waals surface area contributed by atoms with Crippen LogP contribution in [0.2, 0.25) is 0 Å². The molecule has 1 amide bonds. The largest absolute Gasteiger partial charge is 0.361 e. The Bertz CT molecular complexity index is 712. The summed E-state index contributed by atoms with van der Waals surface area (Å²) >= 11 is 0. The second kappa shape index (κ2) is 4.03. The molecule has 0 saturated heterocycles. The normalized spacial score (nSPS) is 10.7. The topological polar surface area (TPSA) is 70.9 Å². The van der Waals surface area contributed by atoms with Gasteiger partial charge < -0.3 is 14.8 Å². The molecule has 0 aliphatic carbocycles. The number of rotatable bonds is 2. The van der Waals surface area contributed by atoms with Crippen molar-refractivity contribution in [2.24, 2.45) is 0 Å².